The Morgan fingerprint density at radius 3 is 2.35 bits per heavy atom. The van der Waals surface area contributed by atoms with Gasteiger partial charge in [-0.15, -0.1) is 0 Å². The van der Waals surface area contributed by atoms with Crippen LogP contribution in [-0.2, 0) is 0 Å². The lowest BCUT2D eigenvalue weighted by Crippen LogP contribution is -2.45. The van der Waals surface area contributed by atoms with Gasteiger partial charge in [0.25, 0.3) is 0 Å². The van der Waals surface area contributed by atoms with Crippen LogP contribution in [0.15, 0.2) is 60.7 Å². The minimum absolute atomic E-state index is 0.0675. The van der Waals surface area contributed by atoms with Crippen LogP contribution >= 0.6 is 0 Å². The number of methoxy groups -OCH3 is 3. The number of rotatable bonds is 12. The molecule has 1 aliphatic rings. The molecule has 1 N–H and O–H groups in total. The van der Waals surface area contributed by atoms with Crippen LogP contribution in [0.25, 0.3) is 11.3 Å². The maximum atomic E-state index is 13.4. The van der Waals surface area contributed by atoms with E-state index in [4.69, 9.17) is 28.7 Å². The quantitative estimate of drug-likeness (QED) is 0.200. The third-order valence-corrected chi connectivity index (χ3v) is 8.48. The van der Waals surface area contributed by atoms with Crippen molar-refractivity contribution in [1.82, 2.24) is 19.8 Å². The van der Waals surface area contributed by atoms with E-state index in [1.54, 1.807) is 45.5 Å². The second-order valence-electron chi connectivity index (χ2n) is 11.6. The molecule has 0 radical (unpaired) electrons. The first-order valence-electron chi connectivity index (χ1n) is 15.8. The molecule has 4 aromatic rings. The Kier molecular flexibility index (Phi) is 11.2. The number of benzene rings is 3. The van der Waals surface area contributed by atoms with Gasteiger partial charge in [-0.3, -0.25) is 9.80 Å². The molecule has 0 atom stereocenters. The van der Waals surface area contributed by atoms with Gasteiger partial charge in [0.05, 0.1) is 32.7 Å². The van der Waals surface area contributed by atoms with Crippen molar-refractivity contribution in [2.75, 3.05) is 85.0 Å². The van der Waals surface area contributed by atoms with Gasteiger partial charge in [-0.2, -0.15) is 4.98 Å². The van der Waals surface area contributed by atoms with E-state index < -0.39 is 6.09 Å². The summed E-state index contributed by atoms with van der Waals surface area (Å²) >= 11 is 0. The molecule has 1 amide bonds. The normalized spacial score (nSPS) is 13.5. The fraction of sp³-hybridized carbons (Fsp3) is 0.361. The molecule has 0 saturated carbocycles. The monoisotopic (exact) mass is 656 g/mol. The second kappa shape index (κ2) is 15.7. The maximum absolute atomic E-state index is 13.4. The van der Waals surface area contributed by atoms with Gasteiger partial charge in [-0.05, 0) is 56.3 Å². The lowest BCUT2D eigenvalue weighted by Gasteiger charge is -2.32. The van der Waals surface area contributed by atoms with Crippen LogP contribution in [0.5, 0.6) is 28.9 Å². The molecule has 1 fully saturated rings. The number of piperazine rings is 1. The van der Waals surface area contributed by atoms with Gasteiger partial charge >= 0.3 is 6.09 Å². The van der Waals surface area contributed by atoms with Crippen LogP contribution in [0, 0.1) is 13.8 Å². The number of aromatic nitrogens is 2. The molecule has 0 spiro atoms. The lowest BCUT2D eigenvalue weighted by atomic mass is 10.0. The molecule has 1 aromatic heterocycles. The number of ether oxygens (including phenoxy) is 5. The summed E-state index contributed by atoms with van der Waals surface area (Å²) in [6.07, 6.45) is -0.669. The van der Waals surface area contributed by atoms with Crippen molar-refractivity contribution in [2.45, 2.75) is 13.8 Å². The summed E-state index contributed by atoms with van der Waals surface area (Å²) in [5.74, 6) is 2.58. The van der Waals surface area contributed by atoms with E-state index in [-0.39, 0.29) is 11.8 Å². The highest BCUT2D eigenvalue weighted by Crippen LogP contribution is 2.34. The molecule has 3 aromatic carbocycles. The third-order valence-electron chi connectivity index (χ3n) is 8.48. The van der Waals surface area contributed by atoms with Crippen LogP contribution in [0.1, 0.15) is 11.1 Å². The van der Waals surface area contributed by atoms with Crippen LogP contribution in [0.2, 0.25) is 0 Å². The smallest absolute Gasteiger partial charge is 0.420 e. The molecule has 12 nitrogen and oxygen atoms in total. The Morgan fingerprint density at radius 2 is 1.62 bits per heavy atom. The van der Waals surface area contributed by atoms with Crippen molar-refractivity contribution in [3.8, 4) is 40.1 Å². The predicted octanol–water partition coefficient (Wildman–Crippen LogP) is 5.79. The third kappa shape index (κ3) is 8.25. The summed E-state index contributed by atoms with van der Waals surface area (Å²) in [6, 6.07) is 18.4. The van der Waals surface area contributed by atoms with Gasteiger partial charge in [0.2, 0.25) is 11.8 Å². The van der Waals surface area contributed by atoms with Gasteiger partial charge < -0.3 is 33.9 Å². The maximum Gasteiger partial charge on any atom is 0.420 e. The van der Waals surface area contributed by atoms with Crippen molar-refractivity contribution in [1.29, 1.82) is 0 Å². The van der Waals surface area contributed by atoms with Crippen molar-refractivity contribution < 1.29 is 28.5 Å². The first-order chi connectivity index (χ1) is 23.2. The number of nitrogens with one attached hydrogen (secondary N) is 1. The van der Waals surface area contributed by atoms with Crippen molar-refractivity contribution in [3.63, 3.8) is 0 Å². The molecule has 48 heavy (non-hydrogen) atoms. The van der Waals surface area contributed by atoms with E-state index in [9.17, 15) is 4.79 Å². The fourth-order valence-corrected chi connectivity index (χ4v) is 5.36. The van der Waals surface area contributed by atoms with E-state index in [0.29, 0.717) is 46.7 Å². The molecule has 12 heteroatoms. The van der Waals surface area contributed by atoms with E-state index >= 15 is 0 Å². The summed E-state index contributed by atoms with van der Waals surface area (Å²) in [6.45, 7) is 9.65. The molecule has 5 rings (SSSR count). The first-order valence-corrected chi connectivity index (χ1v) is 15.8. The number of carbonyl (C=O) groups excluding carboxylic acids is 1. The number of hydrogen-bond donors (Lipinski definition) is 1. The molecule has 0 bridgehead atoms. The Hall–Kier alpha value is -5.07. The summed E-state index contributed by atoms with van der Waals surface area (Å²) < 4.78 is 28.4. The highest BCUT2D eigenvalue weighted by Gasteiger charge is 2.21. The Balaban J connectivity index is 1.38. The van der Waals surface area contributed by atoms with Crippen LogP contribution in [0.3, 0.4) is 0 Å². The highest BCUT2D eigenvalue weighted by molar-refractivity contribution is 5.90. The molecular formula is C36H44N6O6. The summed E-state index contributed by atoms with van der Waals surface area (Å²) in [5, 5.41) is 3.26. The van der Waals surface area contributed by atoms with E-state index in [2.05, 4.69) is 27.1 Å². The van der Waals surface area contributed by atoms with E-state index in [1.165, 1.54) is 12.0 Å². The topological polar surface area (TPSA) is 111 Å². The number of nitrogens with zero attached hydrogens (tertiary/aromatic N) is 5. The number of likely N-dealkylation sites (N-methyl/N-ethyl adjacent to an activating group) is 1. The number of hydrogen-bond acceptors (Lipinski definition) is 11. The molecular weight excluding hydrogens is 612 g/mol. The van der Waals surface area contributed by atoms with Crippen molar-refractivity contribution in [3.05, 3.63) is 71.8 Å². The van der Waals surface area contributed by atoms with E-state index in [0.717, 1.165) is 49.4 Å². The van der Waals surface area contributed by atoms with Gasteiger partial charge in [0, 0.05) is 69.2 Å². The lowest BCUT2D eigenvalue weighted by molar-refractivity contribution is 0.133. The van der Waals surface area contributed by atoms with Crippen LogP contribution in [0.4, 0.5) is 22.1 Å². The number of aryl methyl sites for hydroxylation is 1. The molecule has 0 aliphatic carbocycles. The molecule has 2 heterocycles. The standard InChI is InChI=1S/C36H44N6O6/c1-24-9-8-10-28(25(24)2)29-23-34(48-36(43)41(4)30-22-27(44-5)12-14-31(30)45-6)39-35(38-29)37-26-11-13-32(33(21-26)46-7)47-20-19-42-17-15-40(3)16-18-42/h8-14,21-23H,15-20H2,1-7H3,(H,37,38,39). The largest absolute Gasteiger partial charge is 0.497 e. The van der Waals surface area contributed by atoms with Gasteiger partial charge in [0.1, 0.15) is 18.1 Å². The summed E-state index contributed by atoms with van der Waals surface area (Å²) in [7, 11) is 8.43. The van der Waals surface area contributed by atoms with Gasteiger partial charge in [-0.25, -0.2) is 9.78 Å². The minimum atomic E-state index is -0.669. The van der Waals surface area contributed by atoms with Crippen molar-refractivity contribution in [2.24, 2.45) is 0 Å². The summed E-state index contributed by atoms with van der Waals surface area (Å²) in [4.78, 5) is 28.9. The zero-order chi connectivity index (χ0) is 34.2. The average Bonchev–Trinajstić information content (AvgIpc) is 3.10. The van der Waals surface area contributed by atoms with Crippen LogP contribution in [-0.4, -0.2) is 101 Å². The predicted molar refractivity (Wildman–Crippen MR) is 187 cm³/mol. The fourth-order valence-electron chi connectivity index (χ4n) is 5.36. The number of amides is 1. The molecule has 1 aliphatic heterocycles. The van der Waals surface area contributed by atoms with Crippen molar-refractivity contribution >= 4 is 23.4 Å². The Morgan fingerprint density at radius 1 is 0.875 bits per heavy atom. The van der Waals surface area contributed by atoms with Gasteiger partial charge in [-0.1, -0.05) is 18.2 Å². The molecule has 1 saturated heterocycles. The zero-order valence-electron chi connectivity index (χ0n) is 28.7. The Bertz CT molecular complexity index is 1730. The average molecular weight is 657 g/mol. The van der Waals surface area contributed by atoms with Gasteiger partial charge in [0.15, 0.2) is 11.5 Å². The first kappa shape index (κ1) is 34.3. The summed E-state index contributed by atoms with van der Waals surface area (Å²) in [5.41, 5.74) is 4.79. The number of anilines is 3. The van der Waals surface area contributed by atoms with E-state index in [1.807, 2.05) is 50.2 Å². The van der Waals surface area contributed by atoms with Crippen LogP contribution < -0.4 is 33.9 Å². The SMILES string of the molecule is COc1ccc(OC)c(N(C)C(=O)Oc2cc(-c3cccc(C)c3C)nc(Nc3ccc(OCCN4CCN(C)CC4)c(OC)c3)n2)c1. The highest BCUT2D eigenvalue weighted by atomic mass is 16.6. The zero-order valence-corrected chi connectivity index (χ0v) is 28.7. The second-order valence-corrected chi connectivity index (χ2v) is 11.6. The number of carbonyl (C=O) groups is 1. The molecule has 254 valence electrons. The minimum Gasteiger partial charge on any atom is -0.497 e. The molecule has 0 unspecified atom stereocenters. The Labute approximate surface area is 282 Å².